The third-order valence-electron chi connectivity index (χ3n) is 2.58. The molecular weight excluding hydrogens is 172 g/mol. The van der Waals surface area contributed by atoms with E-state index < -0.39 is 5.79 Å². The highest BCUT2D eigenvalue weighted by atomic mass is 16.7. The van der Waals surface area contributed by atoms with Gasteiger partial charge in [0, 0.05) is 33.0 Å². The summed E-state index contributed by atoms with van der Waals surface area (Å²) in [5.74, 6) is 0.520. The van der Waals surface area contributed by atoms with Crippen molar-refractivity contribution in [1.29, 1.82) is 0 Å². The Labute approximate surface area is 76.0 Å². The SMILES string of the molecule is COC1(OC)CC(c2nnco2)C1. The summed E-state index contributed by atoms with van der Waals surface area (Å²) in [6, 6.07) is 0. The normalized spacial score (nSPS) is 21.4. The minimum Gasteiger partial charge on any atom is -0.428 e. The lowest BCUT2D eigenvalue weighted by Gasteiger charge is -2.43. The van der Waals surface area contributed by atoms with Crippen LogP contribution in [-0.2, 0) is 9.47 Å². The van der Waals surface area contributed by atoms with Gasteiger partial charge in [0.2, 0.25) is 12.3 Å². The molecule has 1 saturated carbocycles. The molecule has 0 aromatic carbocycles. The van der Waals surface area contributed by atoms with E-state index in [1.54, 1.807) is 14.2 Å². The zero-order chi connectivity index (χ0) is 9.31. The van der Waals surface area contributed by atoms with E-state index in [1.165, 1.54) is 6.39 Å². The standard InChI is InChI=1S/C8H12N2O3/c1-11-8(12-2)3-6(4-8)7-10-9-5-13-7/h5-6H,3-4H2,1-2H3. The van der Waals surface area contributed by atoms with Crippen LogP contribution in [0.3, 0.4) is 0 Å². The van der Waals surface area contributed by atoms with Crippen molar-refractivity contribution in [1.82, 2.24) is 10.2 Å². The number of nitrogens with zero attached hydrogens (tertiary/aromatic N) is 2. The maximum atomic E-state index is 5.24. The average Bonchev–Trinajstić information content (AvgIpc) is 2.57. The first-order valence-corrected chi connectivity index (χ1v) is 4.16. The molecule has 1 aliphatic carbocycles. The van der Waals surface area contributed by atoms with Crippen molar-refractivity contribution in [2.75, 3.05) is 14.2 Å². The second-order valence-corrected chi connectivity index (χ2v) is 3.20. The minimum atomic E-state index is -0.431. The van der Waals surface area contributed by atoms with Crippen LogP contribution in [0.4, 0.5) is 0 Å². The Morgan fingerprint density at radius 1 is 1.46 bits per heavy atom. The summed E-state index contributed by atoms with van der Waals surface area (Å²) in [7, 11) is 3.29. The molecular formula is C8H12N2O3. The second kappa shape index (κ2) is 3.08. The smallest absolute Gasteiger partial charge is 0.219 e. The van der Waals surface area contributed by atoms with Crippen LogP contribution in [0.5, 0.6) is 0 Å². The van der Waals surface area contributed by atoms with E-state index in [1.807, 2.05) is 0 Å². The summed E-state index contributed by atoms with van der Waals surface area (Å²) in [5.41, 5.74) is 0. The zero-order valence-corrected chi connectivity index (χ0v) is 7.69. The Hall–Kier alpha value is -0.940. The van der Waals surface area contributed by atoms with Crippen molar-refractivity contribution in [3.05, 3.63) is 12.3 Å². The van der Waals surface area contributed by atoms with Crippen LogP contribution in [0.1, 0.15) is 24.7 Å². The zero-order valence-electron chi connectivity index (χ0n) is 7.69. The molecule has 1 heterocycles. The first kappa shape index (κ1) is 8.65. The lowest BCUT2D eigenvalue weighted by atomic mass is 9.78. The van der Waals surface area contributed by atoms with Crippen LogP contribution in [0.2, 0.25) is 0 Å². The average molecular weight is 184 g/mol. The molecule has 0 radical (unpaired) electrons. The van der Waals surface area contributed by atoms with Crippen LogP contribution < -0.4 is 0 Å². The molecule has 0 aliphatic heterocycles. The lowest BCUT2D eigenvalue weighted by Crippen LogP contribution is -2.46. The molecule has 0 amide bonds. The number of methoxy groups -OCH3 is 2. The molecule has 0 unspecified atom stereocenters. The molecule has 0 spiro atoms. The van der Waals surface area contributed by atoms with E-state index in [0.717, 1.165) is 12.8 Å². The van der Waals surface area contributed by atoms with Gasteiger partial charge in [-0.25, -0.2) is 0 Å². The van der Waals surface area contributed by atoms with Crippen LogP contribution in [-0.4, -0.2) is 30.2 Å². The summed E-state index contributed by atoms with van der Waals surface area (Å²) >= 11 is 0. The molecule has 72 valence electrons. The third kappa shape index (κ3) is 1.34. The predicted octanol–water partition coefficient (Wildman–Crippen LogP) is 0.936. The van der Waals surface area contributed by atoms with Crippen molar-refractivity contribution in [3.63, 3.8) is 0 Å². The Bertz CT molecular complexity index is 261. The molecule has 1 aromatic heterocycles. The number of hydrogen-bond donors (Lipinski definition) is 0. The highest BCUT2D eigenvalue weighted by molar-refractivity contribution is 5.03. The number of rotatable bonds is 3. The molecule has 0 bridgehead atoms. The fraction of sp³-hybridized carbons (Fsp3) is 0.750. The molecule has 5 nitrogen and oxygen atoms in total. The first-order valence-electron chi connectivity index (χ1n) is 4.16. The summed E-state index contributed by atoms with van der Waals surface area (Å²) in [4.78, 5) is 0. The van der Waals surface area contributed by atoms with E-state index >= 15 is 0 Å². The fourth-order valence-corrected chi connectivity index (χ4v) is 1.64. The van der Waals surface area contributed by atoms with E-state index in [0.29, 0.717) is 5.89 Å². The predicted molar refractivity (Wildman–Crippen MR) is 43.0 cm³/mol. The summed E-state index contributed by atoms with van der Waals surface area (Å²) in [6.07, 6.45) is 2.90. The molecule has 1 fully saturated rings. The van der Waals surface area contributed by atoms with Crippen LogP contribution in [0, 0.1) is 0 Å². The van der Waals surface area contributed by atoms with E-state index in [9.17, 15) is 0 Å². The van der Waals surface area contributed by atoms with Crippen molar-refractivity contribution < 1.29 is 13.9 Å². The van der Waals surface area contributed by atoms with Gasteiger partial charge in [0.05, 0.1) is 0 Å². The number of aromatic nitrogens is 2. The van der Waals surface area contributed by atoms with Crippen molar-refractivity contribution >= 4 is 0 Å². The summed E-state index contributed by atoms with van der Waals surface area (Å²) < 4.78 is 15.6. The van der Waals surface area contributed by atoms with Crippen molar-refractivity contribution in [2.45, 2.75) is 24.5 Å². The van der Waals surface area contributed by atoms with Gasteiger partial charge in [0.15, 0.2) is 5.79 Å². The molecule has 0 atom stereocenters. The van der Waals surface area contributed by atoms with Crippen LogP contribution in [0.25, 0.3) is 0 Å². The van der Waals surface area contributed by atoms with Crippen LogP contribution >= 0.6 is 0 Å². The third-order valence-corrected chi connectivity index (χ3v) is 2.58. The van der Waals surface area contributed by atoms with Gasteiger partial charge in [0.25, 0.3) is 0 Å². The minimum absolute atomic E-state index is 0.280. The highest BCUT2D eigenvalue weighted by Crippen LogP contribution is 2.46. The molecule has 0 N–H and O–H groups in total. The van der Waals surface area contributed by atoms with E-state index in [-0.39, 0.29) is 5.92 Å². The molecule has 2 rings (SSSR count). The Balaban J connectivity index is 1.98. The Kier molecular flexibility index (Phi) is 2.05. The maximum absolute atomic E-state index is 5.24. The van der Waals surface area contributed by atoms with Gasteiger partial charge in [-0.1, -0.05) is 0 Å². The van der Waals surface area contributed by atoms with E-state index in [4.69, 9.17) is 13.9 Å². The maximum Gasteiger partial charge on any atom is 0.219 e. The quantitative estimate of drug-likeness (QED) is 0.654. The van der Waals surface area contributed by atoms with Crippen molar-refractivity contribution in [3.8, 4) is 0 Å². The Morgan fingerprint density at radius 3 is 2.62 bits per heavy atom. The Morgan fingerprint density at radius 2 is 2.15 bits per heavy atom. The van der Waals surface area contributed by atoms with Crippen molar-refractivity contribution in [2.24, 2.45) is 0 Å². The van der Waals surface area contributed by atoms with E-state index in [2.05, 4.69) is 10.2 Å². The molecule has 13 heavy (non-hydrogen) atoms. The fourth-order valence-electron chi connectivity index (χ4n) is 1.64. The number of ether oxygens (including phenoxy) is 2. The monoisotopic (exact) mass is 184 g/mol. The summed E-state index contributed by atoms with van der Waals surface area (Å²) in [5, 5.41) is 7.47. The highest BCUT2D eigenvalue weighted by Gasteiger charge is 2.47. The first-order chi connectivity index (χ1) is 6.29. The van der Waals surface area contributed by atoms with Gasteiger partial charge in [0.1, 0.15) is 0 Å². The second-order valence-electron chi connectivity index (χ2n) is 3.20. The van der Waals surface area contributed by atoms with Gasteiger partial charge in [-0.3, -0.25) is 0 Å². The number of hydrogen-bond acceptors (Lipinski definition) is 5. The van der Waals surface area contributed by atoms with Gasteiger partial charge in [-0.15, -0.1) is 10.2 Å². The molecule has 1 aromatic rings. The molecule has 5 heteroatoms. The summed E-state index contributed by atoms with van der Waals surface area (Å²) in [6.45, 7) is 0. The van der Waals surface area contributed by atoms with Gasteiger partial charge < -0.3 is 13.9 Å². The molecule has 1 aliphatic rings. The lowest BCUT2D eigenvalue weighted by molar-refractivity contribution is -0.259. The molecule has 0 saturated heterocycles. The van der Waals surface area contributed by atoms with Gasteiger partial charge in [-0.05, 0) is 0 Å². The van der Waals surface area contributed by atoms with Gasteiger partial charge in [-0.2, -0.15) is 0 Å². The van der Waals surface area contributed by atoms with Crippen LogP contribution in [0.15, 0.2) is 10.8 Å². The topological polar surface area (TPSA) is 57.4 Å². The largest absolute Gasteiger partial charge is 0.428 e. The van der Waals surface area contributed by atoms with Gasteiger partial charge >= 0.3 is 0 Å².